The zero-order chi connectivity index (χ0) is 14.0. The number of benzene rings is 2. The zero-order valence-electron chi connectivity index (χ0n) is 11.8. The molecule has 0 aliphatic rings. The summed E-state index contributed by atoms with van der Waals surface area (Å²) in [6, 6.07) is 11.0. The lowest BCUT2D eigenvalue weighted by Crippen LogP contribution is -1.73. The molecule has 0 spiro atoms. The third-order valence-electron chi connectivity index (χ3n) is 2.06. The van der Waals surface area contributed by atoms with Gasteiger partial charge in [-0.25, -0.2) is 0 Å². The summed E-state index contributed by atoms with van der Waals surface area (Å²) in [7, 11) is 1.62. The van der Waals surface area contributed by atoms with E-state index < -0.39 is 0 Å². The van der Waals surface area contributed by atoms with E-state index in [1.54, 1.807) is 13.1 Å². The molecule has 2 aromatic carbocycles. The molecule has 0 aliphatic heterocycles. The second-order valence-electron chi connectivity index (χ2n) is 2.98. The first-order valence-electron chi connectivity index (χ1n) is 6.33. The Morgan fingerprint density at radius 3 is 2.22 bits per heavy atom. The van der Waals surface area contributed by atoms with Gasteiger partial charge in [0.15, 0.2) is 0 Å². The van der Waals surface area contributed by atoms with Crippen LogP contribution in [0.1, 0.15) is 27.7 Å². The molecule has 18 heavy (non-hydrogen) atoms. The monoisotopic (exact) mass is 246 g/mol. The van der Waals surface area contributed by atoms with Gasteiger partial charge in [-0.05, 0) is 23.6 Å². The fourth-order valence-electron chi connectivity index (χ4n) is 1.42. The van der Waals surface area contributed by atoms with Crippen molar-refractivity contribution in [1.29, 1.82) is 0 Å². The average molecular weight is 246 g/mol. The third-order valence-corrected chi connectivity index (χ3v) is 2.06. The molecule has 3 nitrogen and oxygen atoms in total. The number of fused-ring (bicyclic) bond motifs is 1. The maximum Gasteiger partial charge on any atom is 0.123 e. The Balaban J connectivity index is 0.000000659. The van der Waals surface area contributed by atoms with Gasteiger partial charge < -0.3 is 5.11 Å². The molecule has 3 heteroatoms. The summed E-state index contributed by atoms with van der Waals surface area (Å²) >= 11 is 0. The Hall–Kier alpha value is -1.90. The van der Waals surface area contributed by atoms with Gasteiger partial charge in [0.2, 0.25) is 0 Å². The van der Waals surface area contributed by atoms with E-state index in [0.29, 0.717) is 0 Å². The number of rotatable bonds is 1. The van der Waals surface area contributed by atoms with E-state index in [1.807, 2.05) is 58.0 Å². The minimum atomic E-state index is 0.274. The fourth-order valence-corrected chi connectivity index (χ4v) is 1.42. The van der Waals surface area contributed by atoms with Gasteiger partial charge in [-0.1, -0.05) is 45.9 Å². The number of hydrogen-bond acceptors (Lipinski definition) is 3. The highest BCUT2D eigenvalue weighted by Gasteiger charge is 1.99. The molecule has 0 saturated carbocycles. The Kier molecular flexibility index (Phi) is 8.20. The third kappa shape index (κ3) is 4.17. The summed E-state index contributed by atoms with van der Waals surface area (Å²) < 4.78 is 0. The molecule has 0 heterocycles. The van der Waals surface area contributed by atoms with Crippen LogP contribution in [0.5, 0.6) is 5.75 Å². The molecule has 2 aromatic rings. The molecule has 98 valence electrons. The Morgan fingerprint density at radius 2 is 1.61 bits per heavy atom. The largest absolute Gasteiger partial charge is 0.507 e. The number of phenols is 1. The molecule has 0 aromatic heterocycles. The molecule has 0 fully saturated rings. The van der Waals surface area contributed by atoms with Gasteiger partial charge >= 0.3 is 0 Å². The lowest BCUT2D eigenvalue weighted by atomic mass is 10.1. The van der Waals surface area contributed by atoms with Crippen LogP contribution in [0.3, 0.4) is 0 Å². The van der Waals surface area contributed by atoms with Crippen molar-refractivity contribution in [2.24, 2.45) is 10.2 Å². The van der Waals surface area contributed by atoms with Crippen LogP contribution in [0.4, 0.5) is 5.69 Å². The van der Waals surface area contributed by atoms with Gasteiger partial charge in [-0.15, -0.1) is 0 Å². The standard InChI is InChI=1S/C11H10N2O.2C2H6/c1-12-13-9-6-5-8-3-2-4-11(14)10(8)7-9;2*1-2/h2-7,14H,1H3;2*1-2H3. The zero-order valence-corrected chi connectivity index (χ0v) is 11.8. The van der Waals surface area contributed by atoms with Crippen LogP contribution in [0, 0.1) is 0 Å². The normalized spacial score (nSPS) is 9.39. The lowest BCUT2D eigenvalue weighted by molar-refractivity contribution is 0.481. The smallest absolute Gasteiger partial charge is 0.123 e. The average Bonchev–Trinajstić information content (AvgIpc) is 2.45. The molecule has 2 rings (SSSR count). The van der Waals surface area contributed by atoms with E-state index in [-0.39, 0.29) is 5.75 Å². The summed E-state index contributed by atoms with van der Waals surface area (Å²) in [6.07, 6.45) is 0. The quantitative estimate of drug-likeness (QED) is 0.681. The van der Waals surface area contributed by atoms with Crippen LogP contribution < -0.4 is 0 Å². The van der Waals surface area contributed by atoms with E-state index in [9.17, 15) is 5.11 Å². The SMILES string of the molecule is CC.CC.CN=Nc1ccc2cccc(O)c2c1. The summed E-state index contributed by atoms with van der Waals surface area (Å²) in [5.41, 5.74) is 0.751. The number of azo groups is 1. The van der Waals surface area contributed by atoms with E-state index in [1.165, 1.54) is 0 Å². The highest BCUT2D eigenvalue weighted by molar-refractivity contribution is 5.90. The van der Waals surface area contributed by atoms with Crippen LogP contribution in [0.2, 0.25) is 0 Å². The van der Waals surface area contributed by atoms with Crippen LogP contribution in [0.25, 0.3) is 10.8 Å². The number of hydrogen-bond donors (Lipinski definition) is 1. The minimum absolute atomic E-state index is 0.274. The number of nitrogens with zero attached hydrogens (tertiary/aromatic N) is 2. The van der Waals surface area contributed by atoms with Crippen molar-refractivity contribution in [2.75, 3.05) is 7.05 Å². The van der Waals surface area contributed by atoms with Crippen LogP contribution >= 0.6 is 0 Å². The van der Waals surface area contributed by atoms with E-state index in [4.69, 9.17) is 0 Å². The first kappa shape index (κ1) is 16.1. The molecule has 0 bridgehead atoms. The summed E-state index contributed by atoms with van der Waals surface area (Å²) in [4.78, 5) is 0. The second-order valence-corrected chi connectivity index (χ2v) is 2.98. The van der Waals surface area contributed by atoms with Crippen LogP contribution in [-0.4, -0.2) is 12.2 Å². The van der Waals surface area contributed by atoms with Gasteiger partial charge in [-0.2, -0.15) is 10.2 Å². The van der Waals surface area contributed by atoms with Crippen LogP contribution in [0.15, 0.2) is 46.6 Å². The van der Waals surface area contributed by atoms with Crippen molar-refractivity contribution < 1.29 is 5.11 Å². The molecule has 0 saturated heterocycles. The Morgan fingerprint density at radius 1 is 0.944 bits per heavy atom. The molecule has 0 radical (unpaired) electrons. The van der Waals surface area contributed by atoms with Crippen molar-refractivity contribution in [1.82, 2.24) is 0 Å². The first-order valence-corrected chi connectivity index (χ1v) is 6.33. The van der Waals surface area contributed by atoms with E-state index in [2.05, 4.69) is 10.2 Å². The van der Waals surface area contributed by atoms with Crippen molar-refractivity contribution in [3.05, 3.63) is 36.4 Å². The van der Waals surface area contributed by atoms with Crippen molar-refractivity contribution >= 4 is 16.5 Å². The molecule has 0 unspecified atom stereocenters. The van der Waals surface area contributed by atoms with Crippen molar-refractivity contribution in [2.45, 2.75) is 27.7 Å². The molecule has 0 amide bonds. The Bertz CT molecular complexity index is 493. The summed E-state index contributed by atoms with van der Waals surface area (Å²) in [6.45, 7) is 8.00. The first-order chi connectivity index (χ1) is 8.81. The molecular formula is C15H22N2O. The highest BCUT2D eigenvalue weighted by atomic mass is 16.3. The van der Waals surface area contributed by atoms with Crippen molar-refractivity contribution in [3.63, 3.8) is 0 Å². The maximum absolute atomic E-state index is 9.59. The number of aromatic hydroxyl groups is 1. The lowest BCUT2D eigenvalue weighted by Gasteiger charge is -2.00. The van der Waals surface area contributed by atoms with Gasteiger partial charge in [0.05, 0.1) is 5.69 Å². The topological polar surface area (TPSA) is 45.0 Å². The van der Waals surface area contributed by atoms with Gasteiger partial charge in [0.25, 0.3) is 0 Å². The van der Waals surface area contributed by atoms with Crippen molar-refractivity contribution in [3.8, 4) is 5.75 Å². The van der Waals surface area contributed by atoms with E-state index in [0.717, 1.165) is 16.5 Å². The van der Waals surface area contributed by atoms with Gasteiger partial charge in [-0.3, -0.25) is 0 Å². The summed E-state index contributed by atoms with van der Waals surface area (Å²) in [5.74, 6) is 0.274. The van der Waals surface area contributed by atoms with Gasteiger partial charge in [0, 0.05) is 12.4 Å². The minimum Gasteiger partial charge on any atom is -0.507 e. The van der Waals surface area contributed by atoms with Gasteiger partial charge in [0.1, 0.15) is 5.75 Å². The maximum atomic E-state index is 9.59. The fraction of sp³-hybridized carbons (Fsp3) is 0.333. The molecule has 0 atom stereocenters. The predicted octanol–water partition coefficient (Wildman–Crippen LogP) is 5.31. The Labute approximate surface area is 109 Å². The summed E-state index contributed by atoms with van der Waals surface area (Å²) in [5, 5.41) is 19.0. The van der Waals surface area contributed by atoms with E-state index >= 15 is 0 Å². The predicted molar refractivity (Wildman–Crippen MR) is 78.7 cm³/mol. The highest BCUT2D eigenvalue weighted by Crippen LogP contribution is 2.28. The molecule has 1 N–H and O–H groups in total. The molecular weight excluding hydrogens is 224 g/mol. The second kappa shape index (κ2) is 9.16. The number of phenolic OH excluding ortho intramolecular Hbond substituents is 1. The molecule has 0 aliphatic carbocycles. The van der Waals surface area contributed by atoms with Crippen LogP contribution in [-0.2, 0) is 0 Å².